The van der Waals surface area contributed by atoms with Crippen LogP contribution in [0.4, 0.5) is 5.82 Å². The molecular formula is C15H17ClN6OS. The number of nitrogens with one attached hydrogen (secondary N) is 1. The number of anilines is 1. The van der Waals surface area contributed by atoms with E-state index in [4.69, 9.17) is 17.3 Å². The molecule has 1 fully saturated rings. The zero-order valence-electron chi connectivity index (χ0n) is 11.9. The Morgan fingerprint density at radius 1 is 1.33 bits per heavy atom. The molecule has 3 aromatic rings. The second kappa shape index (κ2) is 6.46. The lowest BCUT2D eigenvalue weighted by Gasteiger charge is -2.27. The molecule has 1 aromatic carbocycles. The SMILES string of the molecule is C.Nc1ncnc2c1c(S(=O)c1cccc(Cl)c1)nn2C1CNC1. The predicted molar refractivity (Wildman–Crippen MR) is 94.5 cm³/mol. The summed E-state index contributed by atoms with van der Waals surface area (Å²) in [6.45, 7) is 1.59. The third-order valence-corrected chi connectivity index (χ3v) is 5.33. The Hall–Kier alpha value is -2.03. The number of hydrogen-bond acceptors (Lipinski definition) is 6. The van der Waals surface area contributed by atoms with Crippen molar-refractivity contribution >= 4 is 39.3 Å². The molecule has 0 saturated carbocycles. The van der Waals surface area contributed by atoms with Gasteiger partial charge in [0.15, 0.2) is 10.7 Å². The minimum Gasteiger partial charge on any atom is -0.383 e. The first-order valence-electron chi connectivity index (χ1n) is 7.02. The topological polar surface area (TPSA) is 98.7 Å². The zero-order chi connectivity index (χ0) is 16.0. The summed E-state index contributed by atoms with van der Waals surface area (Å²) < 4.78 is 14.7. The fraction of sp³-hybridized carbons (Fsp3) is 0.267. The van der Waals surface area contributed by atoms with E-state index in [0.29, 0.717) is 26.0 Å². The minimum absolute atomic E-state index is 0. The normalized spacial score (nSPS) is 15.7. The third kappa shape index (κ3) is 2.66. The largest absolute Gasteiger partial charge is 0.383 e. The summed E-state index contributed by atoms with van der Waals surface area (Å²) in [5.74, 6) is 0.277. The quantitative estimate of drug-likeness (QED) is 0.737. The summed E-state index contributed by atoms with van der Waals surface area (Å²) in [6, 6.07) is 7.07. The van der Waals surface area contributed by atoms with Crippen LogP contribution in [0.5, 0.6) is 0 Å². The fourth-order valence-corrected chi connectivity index (χ4v) is 3.95. The number of nitrogens with zero attached hydrogens (tertiary/aromatic N) is 4. The molecule has 0 bridgehead atoms. The van der Waals surface area contributed by atoms with Crippen LogP contribution in [0.2, 0.25) is 5.02 Å². The van der Waals surface area contributed by atoms with Gasteiger partial charge in [0.05, 0.1) is 11.4 Å². The van der Waals surface area contributed by atoms with E-state index in [-0.39, 0.29) is 19.3 Å². The monoisotopic (exact) mass is 364 g/mol. The van der Waals surface area contributed by atoms with Crippen LogP contribution < -0.4 is 11.1 Å². The molecule has 0 radical (unpaired) electrons. The van der Waals surface area contributed by atoms with Crippen molar-refractivity contribution in [3.63, 3.8) is 0 Å². The van der Waals surface area contributed by atoms with Crippen molar-refractivity contribution in [2.45, 2.75) is 23.4 Å². The van der Waals surface area contributed by atoms with Gasteiger partial charge >= 0.3 is 0 Å². The summed E-state index contributed by atoms with van der Waals surface area (Å²) in [7, 11) is -1.51. The highest BCUT2D eigenvalue weighted by Gasteiger charge is 2.27. The lowest BCUT2D eigenvalue weighted by Crippen LogP contribution is -2.43. The summed E-state index contributed by atoms with van der Waals surface area (Å²) >= 11 is 6.00. The average molecular weight is 365 g/mol. The maximum Gasteiger partial charge on any atom is 0.167 e. The van der Waals surface area contributed by atoms with E-state index >= 15 is 0 Å². The van der Waals surface area contributed by atoms with Crippen LogP contribution in [0.15, 0.2) is 40.5 Å². The van der Waals surface area contributed by atoms with Crippen LogP contribution in [-0.4, -0.2) is 37.0 Å². The number of benzene rings is 1. The van der Waals surface area contributed by atoms with Crippen LogP contribution in [0.3, 0.4) is 0 Å². The van der Waals surface area contributed by atoms with E-state index in [2.05, 4.69) is 20.4 Å². The molecule has 3 N–H and O–H groups in total. The van der Waals surface area contributed by atoms with E-state index in [0.717, 1.165) is 13.1 Å². The van der Waals surface area contributed by atoms with Crippen molar-refractivity contribution in [3.05, 3.63) is 35.6 Å². The number of nitrogens with two attached hydrogens (primary N) is 1. The highest BCUT2D eigenvalue weighted by atomic mass is 35.5. The molecule has 1 atom stereocenters. The summed E-state index contributed by atoms with van der Waals surface area (Å²) in [5.41, 5.74) is 6.60. The number of halogens is 1. The number of fused-ring (bicyclic) bond motifs is 1. The second-order valence-electron chi connectivity index (χ2n) is 5.25. The molecule has 1 aliphatic rings. The molecule has 3 heterocycles. The molecule has 1 aliphatic heterocycles. The lowest BCUT2D eigenvalue weighted by molar-refractivity contribution is 0.321. The van der Waals surface area contributed by atoms with Gasteiger partial charge < -0.3 is 11.1 Å². The molecule has 0 aliphatic carbocycles. The van der Waals surface area contributed by atoms with Crippen molar-refractivity contribution in [1.82, 2.24) is 25.1 Å². The Morgan fingerprint density at radius 2 is 2.12 bits per heavy atom. The summed E-state index contributed by atoms with van der Waals surface area (Å²) in [6.07, 6.45) is 1.40. The Balaban J connectivity index is 0.00000169. The molecule has 0 amide bonds. The number of nitrogen functional groups attached to an aromatic ring is 1. The van der Waals surface area contributed by atoms with E-state index < -0.39 is 10.8 Å². The van der Waals surface area contributed by atoms with Gasteiger partial charge in [-0.05, 0) is 18.2 Å². The number of rotatable bonds is 3. The molecule has 126 valence electrons. The average Bonchev–Trinajstić information content (AvgIpc) is 2.86. The highest BCUT2D eigenvalue weighted by molar-refractivity contribution is 7.85. The van der Waals surface area contributed by atoms with Gasteiger partial charge in [-0.3, -0.25) is 0 Å². The van der Waals surface area contributed by atoms with Crippen molar-refractivity contribution in [3.8, 4) is 0 Å². The van der Waals surface area contributed by atoms with Gasteiger partial charge in [0.2, 0.25) is 0 Å². The Morgan fingerprint density at radius 3 is 2.79 bits per heavy atom. The molecule has 7 nitrogen and oxygen atoms in total. The Labute approximate surface area is 146 Å². The Bertz CT molecular complexity index is 923. The second-order valence-corrected chi connectivity index (χ2v) is 7.08. The molecule has 2 aromatic heterocycles. The first kappa shape index (κ1) is 16.8. The zero-order valence-corrected chi connectivity index (χ0v) is 13.5. The summed E-state index contributed by atoms with van der Waals surface area (Å²) in [4.78, 5) is 8.86. The first-order chi connectivity index (χ1) is 11.1. The molecule has 4 rings (SSSR count). The summed E-state index contributed by atoms with van der Waals surface area (Å²) in [5, 5.41) is 9.14. The van der Waals surface area contributed by atoms with Crippen molar-refractivity contribution < 1.29 is 4.21 Å². The fourth-order valence-electron chi connectivity index (χ4n) is 2.49. The molecule has 24 heavy (non-hydrogen) atoms. The van der Waals surface area contributed by atoms with E-state index in [1.165, 1.54) is 6.33 Å². The number of aromatic nitrogens is 4. The van der Waals surface area contributed by atoms with Crippen molar-refractivity contribution in [1.29, 1.82) is 0 Å². The lowest BCUT2D eigenvalue weighted by atomic mass is 10.2. The third-order valence-electron chi connectivity index (χ3n) is 3.78. The van der Waals surface area contributed by atoms with Crippen LogP contribution in [0.25, 0.3) is 11.0 Å². The van der Waals surface area contributed by atoms with Crippen LogP contribution in [-0.2, 0) is 10.8 Å². The standard InChI is InChI=1S/C14H13ClN6OS.CH4/c15-8-2-1-3-10(4-8)23(22)14-11-12(16)18-7-19-13(11)21(20-14)9-5-17-6-9;/h1-4,7,9,17H,5-6H2,(H2,16,18,19);1H4. The van der Waals surface area contributed by atoms with Gasteiger partial charge in [0, 0.05) is 23.0 Å². The van der Waals surface area contributed by atoms with Gasteiger partial charge in [0.25, 0.3) is 0 Å². The first-order valence-corrected chi connectivity index (χ1v) is 8.54. The maximum absolute atomic E-state index is 13.0. The Kier molecular flexibility index (Phi) is 4.53. The predicted octanol–water partition coefficient (Wildman–Crippen LogP) is 2.01. The minimum atomic E-state index is -1.51. The van der Waals surface area contributed by atoms with Gasteiger partial charge in [-0.2, -0.15) is 5.10 Å². The highest BCUT2D eigenvalue weighted by Crippen LogP contribution is 2.30. The van der Waals surface area contributed by atoms with Gasteiger partial charge in [-0.1, -0.05) is 25.1 Å². The number of hydrogen-bond donors (Lipinski definition) is 2. The molecule has 1 saturated heterocycles. The molecule has 9 heteroatoms. The van der Waals surface area contributed by atoms with E-state index in [1.54, 1.807) is 28.9 Å². The molecular weight excluding hydrogens is 348 g/mol. The van der Waals surface area contributed by atoms with E-state index in [1.807, 2.05) is 0 Å². The van der Waals surface area contributed by atoms with Gasteiger partial charge in [0.1, 0.15) is 22.9 Å². The van der Waals surface area contributed by atoms with Crippen LogP contribution >= 0.6 is 11.6 Å². The van der Waals surface area contributed by atoms with Crippen molar-refractivity contribution in [2.24, 2.45) is 0 Å². The van der Waals surface area contributed by atoms with Crippen molar-refractivity contribution in [2.75, 3.05) is 18.8 Å². The van der Waals surface area contributed by atoms with Gasteiger partial charge in [-0.15, -0.1) is 0 Å². The molecule has 1 unspecified atom stereocenters. The van der Waals surface area contributed by atoms with E-state index in [9.17, 15) is 4.21 Å². The van der Waals surface area contributed by atoms with Crippen LogP contribution in [0, 0.1) is 0 Å². The smallest absolute Gasteiger partial charge is 0.167 e. The maximum atomic E-state index is 13.0. The van der Waals surface area contributed by atoms with Gasteiger partial charge in [-0.25, -0.2) is 18.9 Å². The molecule has 0 spiro atoms. The van der Waals surface area contributed by atoms with Crippen LogP contribution in [0.1, 0.15) is 13.5 Å².